The first kappa shape index (κ1) is 18.7. The minimum atomic E-state index is -1.60. The molecule has 0 aliphatic heterocycles. The van der Waals surface area contributed by atoms with Gasteiger partial charge in [0.25, 0.3) is 5.56 Å². The van der Waals surface area contributed by atoms with Crippen LogP contribution in [0.25, 0.3) is 11.1 Å². The van der Waals surface area contributed by atoms with E-state index in [1.54, 1.807) is 0 Å². The molecule has 0 saturated carbocycles. The van der Waals surface area contributed by atoms with Gasteiger partial charge >= 0.3 is 17.9 Å². The fraction of sp³-hybridized carbons (Fsp3) is 0.176. The van der Waals surface area contributed by atoms with Gasteiger partial charge in [0.15, 0.2) is 0 Å². The van der Waals surface area contributed by atoms with Crippen LogP contribution in [-0.4, -0.2) is 33.1 Å². The van der Waals surface area contributed by atoms with Gasteiger partial charge in [0.1, 0.15) is 22.7 Å². The molecular weight excluding hydrogens is 344 g/mol. The maximum absolute atomic E-state index is 12.0. The van der Waals surface area contributed by atoms with Crippen molar-refractivity contribution in [2.45, 2.75) is 19.8 Å². The first-order valence-electron chi connectivity index (χ1n) is 7.59. The van der Waals surface area contributed by atoms with Crippen molar-refractivity contribution in [1.29, 1.82) is 0 Å². The summed E-state index contributed by atoms with van der Waals surface area (Å²) in [5.74, 6) is -3.77. The topological polar surface area (TPSA) is 160 Å². The number of pyridine rings is 1. The minimum Gasteiger partial charge on any atom is -0.478 e. The van der Waals surface area contributed by atoms with Crippen LogP contribution in [0.4, 0.5) is 5.82 Å². The first-order chi connectivity index (χ1) is 12.3. The molecule has 26 heavy (non-hydrogen) atoms. The molecule has 0 aliphatic rings. The van der Waals surface area contributed by atoms with E-state index in [0.717, 1.165) is 0 Å². The number of carbonyl (C=O) groups is 3. The van der Waals surface area contributed by atoms with E-state index in [0.29, 0.717) is 6.42 Å². The fourth-order valence-electron chi connectivity index (χ4n) is 2.41. The highest BCUT2D eigenvalue weighted by atomic mass is 16.5. The lowest BCUT2D eigenvalue weighted by atomic mass is 9.95. The molecule has 0 unspecified atom stereocenters. The number of aromatic amines is 1. The number of anilines is 1. The molecule has 0 aliphatic carbocycles. The minimum absolute atomic E-state index is 0.132. The molecule has 0 bridgehead atoms. The summed E-state index contributed by atoms with van der Waals surface area (Å²) in [5.41, 5.74) is 3.08. The third-order valence-electron chi connectivity index (χ3n) is 3.50. The van der Waals surface area contributed by atoms with E-state index in [1.165, 1.54) is 24.3 Å². The number of hydrogen-bond acceptors (Lipinski definition) is 6. The smallest absolute Gasteiger partial charge is 0.342 e. The number of ether oxygens (including phenoxy) is 1. The second kappa shape index (κ2) is 7.51. The Labute approximate surface area is 147 Å². The van der Waals surface area contributed by atoms with Crippen molar-refractivity contribution < 1.29 is 29.3 Å². The number of benzene rings is 1. The molecule has 0 fully saturated rings. The quantitative estimate of drug-likeness (QED) is 0.447. The highest BCUT2D eigenvalue weighted by Crippen LogP contribution is 2.30. The van der Waals surface area contributed by atoms with Crippen LogP contribution in [0.5, 0.6) is 5.75 Å². The van der Waals surface area contributed by atoms with Gasteiger partial charge in [0.2, 0.25) is 0 Å². The van der Waals surface area contributed by atoms with Crippen molar-refractivity contribution in [3.63, 3.8) is 0 Å². The molecule has 5 N–H and O–H groups in total. The Balaban J connectivity index is 2.60. The molecule has 1 aromatic carbocycles. The lowest BCUT2D eigenvalue weighted by Crippen LogP contribution is -2.24. The lowest BCUT2D eigenvalue weighted by molar-refractivity contribution is -0.134. The summed E-state index contributed by atoms with van der Waals surface area (Å²) in [4.78, 5) is 48.5. The van der Waals surface area contributed by atoms with Gasteiger partial charge in [-0.1, -0.05) is 19.1 Å². The molecule has 136 valence electrons. The summed E-state index contributed by atoms with van der Waals surface area (Å²) in [5, 5.41) is 18.7. The van der Waals surface area contributed by atoms with E-state index >= 15 is 0 Å². The molecule has 9 nitrogen and oxygen atoms in total. The van der Waals surface area contributed by atoms with Crippen molar-refractivity contribution in [3.05, 3.63) is 45.7 Å². The fourth-order valence-corrected chi connectivity index (χ4v) is 2.41. The first-order valence-corrected chi connectivity index (χ1v) is 7.59. The van der Waals surface area contributed by atoms with Crippen molar-refractivity contribution in [1.82, 2.24) is 4.98 Å². The monoisotopic (exact) mass is 360 g/mol. The molecule has 2 aromatic rings. The van der Waals surface area contributed by atoms with E-state index < -0.39 is 40.4 Å². The summed E-state index contributed by atoms with van der Waals surface area (Å²) in [6.07, 6.45) is 0.853. The Morgan fingerprint density at radius 1 is 1.08 bits per heavy atom. The standard InChI is InChI=1S/C17H16N2O7/c1-2-3-10(20)26-9-6-4-8(5-7-9)11-12(16(22)23)14(18)19-15(21)13(11)17(24)25/h4-7H,2-3H2,1H3,(H,22,23)(H,24,25)(H3,18,19,21). The van der Waals surface area contributed by atoms with Gasteiger partial charge in [0.05, 0.1) is 0 Å². The maximum Gasteiger partial charge on any atom is 0.342 e. The number of aromatic nitrogens is 1. The van der Waals surface area contributed by atoms with Crippen molar-refractivity contribution >= 4 is 23.7 Å². The van der Waals surface area contributed by atoms with E-state index in [9.17, 15) is 29.4 Å². The number of aromatic carboxylic acids is 2. The Morgan fingerprint density at radius 3 is 2.15 bits per heavy atom. The predicted molar refractivity (Wildman–Crippen MR) is 91.4 cm³/mol. The number of nitrogens with two attached hydrogens (primary N) is 1. The molecule has 0 saturated heterocycles. The second-order valence-electron chi connectivity index (χ2n) is 5.35. The number of nitrogens with one attached hydrogen (secondary N) is 1. The molecule has 0 atom stereocenters. The van der Waals surface area contributed by atoms with Gasteiger partial charge in [-0.15, -0.1) is 0 Å². The summed E-state index contributed by atoms with van der Waals surface area (Å²) >= 11 is 0. The Hall–Kier alpha value is -3.62. The molecule has 0 spiro atoms. The van der Waals surface area contributed by atoms with Gasteiger partial charge < -0.3 is 25.7 Å². The average molecular weight is 360 g/mol. The SMILES string of the molecule is CCCC(=O)Oc1ccc(-c2c(C(=O)O)c(N)[nH]c(=O)c2C(=O)O)cc1. The van der Waals surface area contributed by atoms with E-state index in [1.807, 2.05) is 11.9 Å². The Kier molecular flexibility index (Phi) is 5.41. The van der Waals surface area contributed by atoms with Crippen molar-refractivity contribution in [2.24, 2.45) is 0 Å². The Bertz CT molecular complexity index is 929. The number of carbonyl (C=O) groups excluding carboxylic acids is 1. The van der Waals surface area contributed by atoms with Crippen LogP contribution >= 0.6 is 0 Å². The van der Waals surface area contributed by atoms with Crippen LogP contribution in [0.3, 0.4) is 0 Å². The zero-order valence-electron chi connectivity index (χ0n) is 13.7. The lowest BCUT2D eigenvalue weighted by Gasteiger charge is -2.12. The highest BCUT2D eigenvalue weighted by Gasteiger charge is 2.26. The van der Waals surface area contributed by atoms with Crippen LogP contribution in [0.1, 0.15) is 40.5 Å². The van der Waals surface area contributed by atoms with Crippen LogP contribution in [0.15, 0.2) is 29.1 Å². The van der Waals surface area contributed by atoms with Crippen LogP contribution in [0, 0.1) is 0 Å². The molecule has 9 heteroatoms. The van der Waals surface area contributed by atoms with Gasteiger partial charge in [-0.2, -0.15) is 0 Å². The van der Waals surface area contributed by atoms with E-state index in [-0.39, 0.29) is 23.3 Å². The van der Waals surface area contributed by atoms with Crippen LogP contribution in [0.2, 0.25) is 0 Å². The van der Waals surface area contributed by atoms with Gasteiger partial charge in [-0.05, 0) is 24.1 Å². The summed E-state index contributed by atoms with van der Waals surface area (Å²) in [6.45, 7) is 1.82. The molecule has 0 amide bonds. The van der Waals surface area contributed by atoms with Gasteiger partial charge in [-0.3, -0.25) is 9.59 Å². The molecule has 1 heterocycles. The largest absolute Gasteiger partial charge is 0.478 e. The average Bonchev–Trinajstić information content (AvgIpc) is 2.54. The number of hydrogen-bond donors (Lipinski definition) is 4. The summed E-state index contributed by atoms with van der Waals surface area (Å²) in [7, 11) is 0. The third kappa shape index (κ3) is 3.72. The van der Waals surface area contributed by atoms with Gasteiger partial charge in [0, 0.05) is 12.0 Å². The molecule has 0 radical (unpaired) electrons. The third-order valence-corrected chi connectivity index (χ3v) is 3.50. The number of carboxylic acid groups (broad SMARTS) is 2. The number of nitrogen functional groups attached to an aromatic ring is 1. The number of H-pyrrole nitrogens is 1. The van der Waals surface area contributed by atoms with Crippen molar-refractivity contribution in [3.8, 4) is 16.9 Å². The maximum atomic E-state index is 12.0. The normalized spacial score (nSPS) is 10.3. The molecule has 2 rings (SSSR count). The van der Waals surface area contributed by atoms with Gasteiger partial charge in [-0.25, -0.2) is 9.59 Å². The number of carboxylic acids is 2. The zero-order chi connectivity index (χ0) is 19.4. The molecule has 1 aromatic heterocycles. The van der Waals surface area contributed by atoms with E-state index in [2.05, 4.69) is 0 Å². The van der Waals surface area contributed by atoms with E-state index in [4.69, 9.17) is 10.5 Å². The van der Waals surface area contributed by atoms with Crippen LogP contribution in [-0.2, 0) is 4.79 Å². The number of rotatable bonds is 6. The number of esters is 1. The predicted octanol–water partition coefficient (Wildman–Crippen LogP) is 1.73. The summed E-state index contributed by atoms with van der Waals surface area (Å²) < 4.78 is 5.08. The van der Waals surface area contributed by atoms with Crippen LogP contribution < -0.4 is 16.0 Å². The zero-order valence-corrected chi connectivity index (χ0v) is 13.7. The highest BCUT2D eigenvalue weighted by molar-refractivity contribution is 6.07. The van der Waals surface area contributed by atoms with Crippen molar-refractivity contribution in [2.75, 3.05) is 5.73 Å². The summed E-state index contributed by atoms with van der Waals surface area (Å²) in [6, 6.07) is 5.44. The Morgan fingerprint density at radius 2 is 1.65 bits per heavy atom. The molecular formula is C17H16N2O7. The second-order valence-corrected chi connectivity index (χ2v) is 5.35.